The number of para-hydroxylation sites is 1. The molecule has 6 nitrogen and oxygen atoms in total. The summed E-state index contributed by atoms with van der Waals surface area (Å²) in [5.74, 6) is -0.531. The molecule has 0 aliphatic rings. The van der Waals surface area contributed by atoms with Crippen LogP contribution in [0.15, 0.2) is 24.3 Å². The molecule has 0 fully saturated rings. The molecule has 1 unspecified atom stereocenters. The van der Waals surface area contributed by atoms with Crippen LogP contribution in [0.25, 0.3) is 10.9 Å². The van der Waals surface area contributed by atoms with Crippen molar-refractivity contribution >= 4 is 22.7 Å². The van der Waals surface area contributed by atoms with Crippen LogP contribution in [0.5, 0.6) is 0 Å². The fraction of sp³-hybridized carbons (Fsp3) is 0.526. The molecule has 1 atom stereocenters. The first-order chi connectivity index (χ1) is 11.8. The second kappa shape index (κ2) is 8.14. The van der Waals surface area contributed by atoms with Gasteiger partial charge in [0.25, 0.3) is 5.91 Å². The number of carbonyl (C=O) groups excluding carboxylic acids is 2. The Morgan fingerprint density at radius 1 is 1.20 bits per heavy atom. The summed E-state index contributed by atoms with van der Waals surface area (Å²) in [5.41, 5.74) is 1.42. The van der Waals surface area contributed by atoms with Crippen molar-refractivity contribution in [1.82, 2.24) is 20.8 Å². The fourth-order valence-electron chi connectivity index (χ4n) is 2.61. The Balaban J connectivity index is 1.79. The Morgan fingerprint density at radius 3 is 2.64 bits per heavy atom. The van der Waals surface area contributed by atoms with E-state index in [4.69, 9.17) is 0 Å². The lowest BCUT2D eigenvalue weighted by atomic mass is 9.90. The molecule has 2 amide bonds. The van der Waals surface area contributed by atoms with E-state index in [0.29, 0.717) is 17.7 Å². The summed E-state index contributed by atoms with van der Waals surface area (Å²) in [7, 11) is 0. The maximum Gasteiger partial charge on any atom is 0.273 e. The minimum atomic E-state index is -0.606. The number of aromatic amines is 1. The van der Waals surface area contributed by atoms with Gasteiger partial charge < -0.3 is 10.6 Å². The monoisotopic (exact) mass is 344 g/mol. The minimum Gasteiger partial charge on any atom is -0.354 e. The van der Waals surface area contributed by atoms with Crippen molar-refractivity contribution in [2.24, 2.45) is 5.41 Å². The summed E-state index contributed by atoms with van der Waals surface area (Å²) in [4.78, 5) is 24.5. The highest BCUT2D eigenvalue weighted by Gasteiger charge is 2.19. The minimum absolute atomic E-state index is 0.177. The number of nitrogens with one attached hydrogen (secondary N) is 3. The van der Waals surface area contributed by atoms with E-state index in [1.807, 2.05) is 24.3 Å². The van der Waals surface area contributed by atoms with Crippen molar-refractivity contribution in [3.05, 3.63) is 30.0 Å². The lowest BCUT2D eigenvalue weighted by Crippen LogP contribution is -2.45. The van der Waals surface area contributed by atoms with Crippen molar-refractivity contribution in [1.29, 1.82) is 0 Å². The number of unbranched alkanes of at least 4 members (excludes halogenated alkanes) is 1. The highest BCUT2D eigenvalue weighted by molar-refractivity contribution is 6.05. The van der Waals surface area contributed by atoms with Gasteiger partial charge in [0.1, 0.15) is 6.04 Å². The van der Waals surface area contributed by atoms with Crippen LogP contribution in [-0.2, 0) is 4.79 Å². The Hall–Kier alpha value is -2.37. The Morgan fingerprint density at radius 2 is 1.92 bits per heavy atom. The van der Waals surface area contributed by atoms with Crippen molar-refractivity contribution in [2.75, 3.05) is 6.54 Å². The molecule has 0 saturated carbocycles. The van der Waals surface area contributed by atoms with Crippen LogP contribution in [0.3, 0.4) is 0 Å². The molecule has 0 radical (unpaired) electrons. The molecule has 3 N–H and O–H groups in total. The number of aromatic nitrogens is 2. The SMILES string of the molecule is CC(NC(=O)c1n[nH]c2ccccc12)C(=O)NCCCCC(C)(C)C. The third-order valence-corrected chi connectivity index (χ3v) is 4.08. The Labute approximate surface area is 148 Å². The van der Waals surface area contributed by atoms with Gasteiger partial charge in [-0.2, -0.15) is 5.10 Å². The molecule has 0 aliphatic heterocycles. The largest absolute Gasteiger partial charge is 0.354 e. The van der Waals surface area contributed by atoms with Crippen LogP contribution in [0, 0.1) is 5.41 Å². The van der Waals surface area contributed by atoms with E-state index in [1.165, 1.54) is 0 Å². The summed E-state index contributed by atoms with van der Waals surface area (Å²) >= 11 is 0. The maximum absolute atomic E-state index is 12.3. The first kappa shape index (κ1) is 19.0. The van der Waals surface area contributed by atoms with Crippen LogP contribution in [-0.4, -0.2) is 34.6 Å². The highest BCUT2D eigenvalue weighted by atomic mass is 16.2. The van der Waals surface area contributed by atoms with Crippen LogP contribution in [0.2, 0.25) is 0 Å². The van der Waals surface area contributed by atoms with E-state index in [1.54, 1.807) is 6.92 Å². The zero-order chi connectivity index (χ0) is 18.4. The molecule has 1 heterocycles. The van der Waals surface area contributed by atoms with E-state index in [2.05, 4.69) is 41.6 Å². The molecule has 6 heteroatoms. The molecule has 25 heavy (non-hydrogen) atoms. The topological polar surface area (TPSA) is 86.9 Å². The summed E-state index contributed by atoms with van der Waals surface area (Å²) in [6.45, 7) is 8.93. The molecule has 1 aromatic carbocycles. The number of carbonyl (C=O) groups is 2. The molecule has 136 valence electrons. The number of amides is 2. The third-order valence-electron chi connectivity index (χ3n) is 4.08. The number of hydrogen-bond donors (Lipinski definition) is 3. The molecule has 0 saturated heterocycles. The number of benzene rings is 1. The van der Waals surface area contributed by atoms with E-state index >= 15 is 0 Å². The Kier molecular flexibility index (Phi) is 6.17. The number of rotatable bonds is 7. The molecule has 0 bridgehead atoms. The van der Waals surface area contributed by atoms with Crippen molar-refractivity contribution in [2.45, 2.75) is 53.0 Å². The smallest absolute Gasteiger partial charge is 0.273 e. The molecule has 2 aromatic rings. The highest BCUT2D eigenvalue weighted by Crippen LogP contribution is 2.21. The zero-order valence-corrected chi connectivity index (χ0v) is 15.5. The first-order valence-electron chi connectivity index (χ1n) is 8.79. The quantitative estimate of drug-likeness (QED) is 0.675. The summed E-state index contributed by atoms with van der Waals surface area (Å²) < 4.78 is 0. The standard InChI is InChI=1S/C19H28N4O2/c1-13(17(24)20-12-8-7-11-19(2,3)4)21-18(25)16-14-9-5-6-10-15(14)22-23-16/h5-6,9-10,13H,7-8,11-12H2,1-4H3,(H,20,24)(H,21,25)(H,22,23). The molecule has 0 spiro atoms. The average Bonchev–Trinajstić information content (AvgIpc) is 2.97. The van der Waals surface area contributed by atoms with Gasteiger partial charge >= 0.3 is 0 Å². The molecular weight excluding hydrogens is 316 g/mol. The third kappa shape index (κ3) is 5.59. The lowest BCUT2D eigenvalue weighted by Gasteiger charge is -2.18. The fourth-order valence-corrected chi connectivity index (χ4v) is 2.61. The summed E-state index contributed by atoms with van der Waals surface area (Å²) in [6.07, 6.45) is 3.14. The van der Waals surface area contributed by atoms with E-state index < -0.39 is 6.04 Å². The van der Waals surface area contributed by atoms with Crippen molar-refractivity contribution in [3.8, 4) is 0 Å². The summed E-state index contributed by atoms with van der Waals surface area (Å²) in [5, 5.41) is 13.2. The van der Waals surface area contributed by atoms with Gasteiger partial charge in [-0.3, -0.25) is 14.7 Å². The van der Waals surface area contributed by atoms with Crippen LogP contribution in [0.1, 0.15) is 57.4 Å². The number of H-pyrrole nitrogens is 1. The van der Waals surface area contributed by atoms with Gasteiger partial charge in [0.15, 0.2) is 5.69 Å². The van der Waals surface area contributed by atoms with Crippen LogP contribution >= 0.6 is 0 Å². The van der Waals surface area contributed by atoms with Crippen molar-refractivity contribution < 1.29 is 9.59 Å². The zero-order valence-electron chi connectivity index (χ0n) is 15.5. The maximum atomic E-state index is 12.3. The molecule has 1 aromatic heterocycles. The van der Waals surface area contributed by atoms with E-state index in [9.17, 15) is 9.59 Å². The van der Waals surface area contributed by atoms with Gasteiger partial charge in [-0.1, -0.05) is 45.4 Å². The first-order valence-corrected chi connectivity index (χ1v) is 8.79. The van der Waals surface area contributed by atoms with Crippen LogP contribution < -0.4 is 10.6 Å². The van der Waals surface area contributed by atoms with E-state index in [0.717, 1.165) is 30.2 Å². The normalized spacial score (nSPS) is 12.8. The molecular formula is C19H28N4O2. The van der Waals surface area contributed by atoms with Gasteiger partial charge in [0.2, 0.25) is 5.91 Å². The van der Waals surface area contributed by atoms with Crippen molar-refractivity contribution in [3.63, 3.8) is 0 Å². The van der Waals surface area contributed by atoms with Gasteiger partial charge in [0, 0.05) is 11.9 Å². The average molecular weight is 344 g/mol. The predicted molar refractivity (Wildman–Crippen MR) is 99.3 cm³/mol. The molecule has 2 rings (SSSR count). The van der Waals surface area contributed by atoms with E-state index in [-0.39, 0.29) is 11.8 Å². The molecule has 0 aliphatic carbocycles. The number of hydrogen-bond acceptors (Lipinski definition) is 3. The predicted octanol–water partition coefficient (Wildman–Crippen LogP) is 3.01. The number of fused-ring (bicyclic) bond motifs is 1. The number of nitrogens with zero attached hydrogens (tertiary/aromatic N) is 1. The van der Waals surface area contributed by atoms with Gasteiger partial charge in [-0.15, -0.1) is 0 Å². The van der Waals surface area contributed by atoms with Gasteiger partial charge in [0.05, 0.1) is 5.52 Å². The van der Waals surface area contributed by atoms with Gasteiger partial charge in [-0.05, 0) is 31.2 Å². The van der Waals surface area contributed by atoms with Crippen LogP contribution in [0.4, 0.5) is 0 Å². The second-order valence-electron chi connectivity index (χ2n) is 7.62. The Bertz CT molecular complexity index is 730. The second-order valence-corrected chi connectivity index (χ2v) is 7.62. The lowest BCUT2D eigenvalue weighted by molar-refractivity contribution is -0.122. The summed E-state index contributed by atoms with van der Waals surface area (Å²) in [6, 6.07) is 6.80. The van der Waals surface area contributed by atoms with Gasteiger partial charge in [-0.25, -0.2) is 0 Å².